The average molecular weight is 299 g/mol. The Morgan fingerprint density at radius 3 is 3.14 bits per heavy atom. The number of rotatable bonds is 2. The SMILES string of the molecule is Nc1ccc2[nH]nc(C(=O)Nc3nc4c(s3)CCC4)c2c1. The summed E-state index contributed by atoms with van der Waals surface area (Å²) in [5.41, 5.74) is 8.62. The van der Waals surface area contributed by atoms with Crippen LogP contribution in [0.4, 0.5) is 10.8 Å². The van der Waals surface area contributed by atoms with Crippen molar-refractivity contribution in [2.24, 2.45) is 0 Å². The Morgan fingerprint density at radius 1 is 1.38 bits per heavy atom. The molecule has 4 rings (SSSR count). The number of hydrogen-bond donors (Lipinski definition) is 3. The number of fused-ring (bicyclic) bond motifs is 2. The van der Waals surface area contributed by atoms with Crippen LogP contribution in [-0.2, 0) is 12.8 Å². The number of carbonyl (C=O) groups is 1. The van der Waals surface area contributed by atoms with Crippen molar-refractivity contribution < 1.29 is 4.79 Å². The number of aromatic amines is 1. The maximum absolute atomic E-state index is 12.4. The predicted molar refractivity (Wildman–Crippen MR) is 82.6 cm³/mol. The van der Waals surface area contributed by atoms with E-state index in [1.165, 1.54) is 4.88 Å². The number of nitrogens with one attached hydrogen (secondary N) is 2. The summed E-state index contributed by atoms with van der Waals surface area (Å²) in [6, 6.07) is 5.33. The zero-order valence-corrected chi connectivity index (χ0v) is 12.0. The zero-order valence-electron chi connectivity index (χ0n) is 11.1. The molecule has 1 aromatic carbocycles. The second-order valence-corrected chi connectivity index (χ2v) is 6.16. The lowest BCUT2D eigenvalue weighted by atomic mass is 10.2. The Hall–Kier alpha value is -2.41. The molecule has 2 aromatic heterocycles. The number of amides is 1. The van der Waals surface area contributed by atoms with Crippen LogP contribution in [0.2, 0.25) is 0 Å². The van der Waals surface area contributed by atoms with Crippen molar-refractivity contribution in [1.29, 1.82) is 0 Å². The molecule has 7 heteroatoms. The van der Waals surface area contributed by atoms with Gasteiger partial charge in [-0.2, -0.15) is 5.10 Å². The molecule has 0 saturated heterocycles. The highest BCUT2D eigenvalue weighted by Gasteiger charge is 2.20. The molecule has 0 aliphatic heterocycles. The van der Waals surface area contributed by atoms with Gasteiger partial charge in [-0.15, -0.1) is 11.3 Å². The molecule has 0 unspecified atom stereocenters. The normalized spacial score (nSPS) is 13.5. The number of nitrogen functional groups attached to an aromatic ring is 1. The summed E-state index contributed by atoms with van der Waals surface area (Å²) in [5.74, 6) is -0.265. The lowest BCUT2D eigenvalue weighted by Gasteiger charge is -1.99. The van der Waals surface area contributed by atoms with E-state index in [0.29, 0.717) is 16.5 Å². The van der Waals surface area contributed by atoms with Gasteiger partial charge < -0.3 is 5.73 Å². The number of carbonyl (C=O) groups excluding carboxylic acids is 1. The molecule has 1 amide bonds. The molecule has 4 N–H and O–H groups in total. The molecule has 0 spiro atoms. The highest BCUT2D eigenvalue weighted by Crippen LogP contribution is 2.30. The number of aryl methyl sites for hydroxylation is 2. The predicted octanol–water partition coefficient (Wildman–Crippen LogP) is 2.34. The van der Waals surface area contributed by atoms with Gasteiger partial charge in [-0.05, 0) is 37.5 Å². The van der Waals surface area contributed by atoms with Gasteiger partial charge in [0.05, 0.1) is 11.2 Å². The van der Waals surface area contributed by atoms with Gasteiger partial charge in [0, 0.05) is 16.0 Å². The van der Waals surface area contributed by atoms with Crippen LogP contribution >= 0.6 is 11.3 Å². The van der Waals surface area contributed by atoms with Crippen LogP contribution in [-0.4, -0.2) is 21.1 Å². The van der Waals surface area contributed by atoms with Crippen LogP contribution in [0.25, 0.3) is 10.9 Å². The Bertz CT molecular complexity index is 829. The molecule has 0 fully saturated rings. The summed E-state index contributed by atoms with van der Waals surface area (Å²) in [7, 11) is 0. The van der Waals surface area contributed by atoms with E-state index in [4.69, 9.17) is 5.73 Å². The van der Waals surface area contributed by atoms with E-state index >= 15 is 0 Å². The van der Waals surface area contributed by atoms with Crippen molar-refractivity contribution in [1.82, 2.24) is 15.2 Å². The van der Waals surface area contributed by atoms with Gasteiger partial charge in [0.15, 0.2) is 10.8 Å². The van der Waals surface area contributed by atoms with Gasteiger partial charge in [0.1, 0.15) is 0 Å². The third-order valence-electron chi connectivity index (χ3n) is 3.62. The molecule has 3 aromatic rings. The second-order valence-electron chi connectivity index (χ2n) is 5.07. The molecule has 21 heavy (non-hydrogen) atoms. The fourth-order valence-corrected chi connectivity index (χ4v) is 3.65. The van der Waals surface area contributed by atoms with Crippen molar-refractivity contribution >= 4 is 39.0 Å². The van der Waals surface area contributed by atoms with Crippen LogP contribution in [0.5, 0.6) is 0 Å². The molecule has 2 heterocycles. The van der Waals surface area contributed by atoms with Gasteiger partial charge >= 0.3 is 0 Å². The fraction of sp³-hybridized carbons (Fsp3) is 0.214. The highest BCUT2D eigenvalue weighted by molar-refractivity contribution is 7.16. The van der Waals surface area contributed by atoms with E-state index in [1.54, 1.807) is 23.5 Å². The minimum absolute atomic E-state index is 0.265. The molecule has 1 aliphatic rings. The molecule has 106 valence electrons. The quantitative estimate of drug-likeness (QED) is 0.633. The first-order valence-electron chi connectivity index (χ1n) is 6.74. The molecule has 0 saturated carbocycles. The summed E-state index contributed by atoms with van der Waals surface area (Å²) in [4.78, 5) is 18.1. The number of nitrogens with two attached hydrogens (primary N) is 1. The average Bonchev–Trinajstić information content (AvgIpc) is 3.11. The monoisotopic (exact) mass is 299 g/mol. The van der Waals surface area contributed by atoms with Crippen molar-refractivity contribution in [2.45, 2.75) is 19.3 Å². The lowest BCUT2D eigenvalue weighted by molar-refractivity contribution is 0.102. The van der Waals surface area contributed by atoms with E-state index in [0.717, 1.165) is 35.9 Å². The third-order valence-corrected chi connectivity index (χ3v) is 4.69. The number of nitrogens with zero attached hydrogens (tertiary/aromatic N) is 2. The van der Waals surface area contributed by atoms with Crippen molar-refractivity contribution in [3.63, 3.8) is 0 Å². The number of hydrogen-bond acceptors (Lipinski definition) is 5. The summed E-state index contributed by atoms with van der Waals surface area (Å²) in [5, 5.41) is 11.1. The Kier molecular flexibility index (Phi) is 2.68. The fourth-order valence-electron chi connectivity index (χ4n) is 2.60. The smallest absolute Gasteiger partial charge is 0.278 e. The molecule has 0 bridgehead atoms. The largest absolute Gasteiger partial charge is 0.399 e. The van der Waals surface area contributed by atoms with E-state index in [-0.39, 0.29) is 5.91 Å². The Morgan fingerprint density at radius 2 is 2.29 bits per heavy atom. The summed E-state index contributed by atoms with van der Waals surface area (Å²) >= 11 is 1.55. The molecule has 0 radical (unpaired) electrons. The molecular weight excluding hydrogens is 286 g/mol. The topological polar surface area (TPSA) is 96.7 Å². The van der Waals surface area contributed by atoms with Gasteiger partial charge in [0.2, 0.25) is 0 Å². The minimum Gasteiger partial charge on any atom is -0.399 e. The maximum atomic E-state index is 12.4. The van der Waals surface area contributed by atoms with Crippen LogP contribution in [0.3, 0.4) is 0 Å². The highest BCUT2D eigenvalue weighted by atomic mass is 32.1. The van der Waals surface area contributed by atoms with E-state index < -0.39 is 0 Å². The molecule has 0 atom stereocenters. The number of thiazole rings is 1. The lowest BCUT2D eigenvalue weighted by Crippen LogP contribution is -2.12. The van der Waals surface area contributed by atoms with Gasteiger partial charge in [-0.25, -0.2) is 4.98 Å². The summed E-state index contributed by atoms with van der Waals surface area (Å²) in [6.45, 7) is 0. The minimum atomic E-state index is -0.265. The summed E-state index contributed by atoms with van der Waals surface area (Å²) in [6.07, 6.45) is 3.22. The standard InChI is InChI=1S/C14H13N5OS/c15-7-4-5-9-8(6-7)12(19-18-9)13(20)17-14-16-10-2-1-3-11(10)21-14/h4-6H,1-3,15H2,(H,18,19)(H,16,17,20). The molecular formula is C14H13N5OS. The first-order valence-corrected chi connectivity index (χ1v) is 7.56. The van der Waals surface area contributed by atoms with Crippen molar-refractivity contribution in [2.75, 3.05) is 11.1 Å². The first-order chi connectivity index (χ1) is 10.2. The third kappa shape index (κ3) is 2.06. The second kappa shape index (κ2) is 4.56. The Balaban J connectivity index is 1.65. The van der Waals surface area contributed by atoms with Crippen molar-refractivity contribution in [3.05, 3.63) is 34.5 Å². The molecule has 1 aliphatic carbocycles. The van der Waals surface area contributed by atoms with Gasteiger partial charge in [-0.1, -0.05) is 0 Å². The van der Waals surface area contributed by atoms with Crippen LogP contribution in [0, 0.1) is 0 Å². The number of benzene rings is 1. The van der Waals surface area contributed by atoms with Crippen molar-refractivity contribution in [3.8, 4) is 0 Å². The maximum Gasteiger partial charge on any atom is 0.278 e. The zero-order chi connectivity index (χ0) is 14.4. The van der Waals surface area contributed by atoms with Gasteiger partial charge in [-0.3, -0.25) is 15.2 Å². The van der Waals surface area contributed by atoms with E-state index in [1.807, 2.05) is 6.07 Å². The van der Waals surface area contributed by atoms with E-state index in [9.17, 15) is 4.79 Å². The van der Waals surface area contributed by atoms with Gasteiger partial charge in [0.25, 0.3) is 5.91 Å². The number of H-pyrrole nitrogens is 1. The van der Waals surface area contributed by atoms with Crippen LogP contribution in [0.15, 0.2) is 18.2 Å². The first kappa shape index (κ1) is 12.3. The number of aromatic nitrogens is 3. The van der Waals surface area contributed by atoms with E-state index in [2.05, 4.69) is 20.5 Å². The number of anilines is 2. The van der Waals surface area contributed by atoms with Crippen LogP contribution in [0.1, 0.15) is 27.5 Å². The molecule has 6 nitrogen and oxygen atoms in total. The Labute approximate surface area is 124 Å². The summed E-state index contributed by atoms with van der Waals surface area (Å²) < 4.78 is 0. The van der Waals surface area contributed by atoms with Crippen LogP contribution < -0.4 is 11.1 Å².